The number of pyridine rings is 1. The van der Waals surface area contributed by atoms with Crippen molar-refractivity contribution in [2.75, 3.05) is 35.2 Å². The second-order valence-corrected chi connectivity index (χ2v) is 22.6. The van der Waals surface area contributed by atoms with E-state index in [1.165, 1.54) is 11.3 Å². The van der Waals surface area contributed by atoms with Crippen molar-refractivity contribution in [1.82, 2.24) is 35.3 Å². The topological polar surface area (TPSA) is 238 Å². The third kappa shape index (κ3) is 8.69. The summed E-state index contributed by atoms with van der Waals surface area (Å²) < 4.78 is 2.98. The van der Waals surface area contributed by atoms with Gasteiger partial charge in [-0.1, -0.05) is 41.7 Å². The van der Waals surface area contributed by atoms with Crippen LogP contribution >= 0.6 is 11.3 Å². The minimum absolute atomic E-state index is 0.0484. The highest BCUT2D eigenvalue weighted by atomic mass is 32.1. The number of nitrogens with one attached hydrogen (secondary N) is 4. The maximum atomic E-state index is 14.3. The Labute approximate surface area is 435 Å². The van der Waals surface area contributed by atoms with Crippen LogP contribution in [0.15, 0.2) is 79.0 Å². The van der Waals surface area contributed by atoms with Crippen molar-refractivity contribution in [2.24, 2.45) is 22.7 Å². The molecule has 6 aromatic rings. The molecule has 19 heteroatoms. The number of anilines is 3. The summed E-state index contributed by atoms with van der Waals surface area (Å²) in [4.78, 5) is 104. The molecule has 0 unspecified atom stereocenters. The predicted octanol–water partition coefficient (Wildman–Crippen LogP) is 7.37. The SMILES string of the molecule is Cc1c(-c2ccc(N3CCc4cccc(C(=O)Nc5nc6ccccc6s5)c4C3)nc2C(=O)O)cnn1CC12C[C@H]3C[C@H](C1)CC(C(=O)NCCCCNc1cccc4c1C(=O)N([C@@H]1CCC(=O)NC1=O)C4=O)(C3)C2. The van der Waals surface area contributed by atoms with Gasteiger partial charge in [-0.3, -0.25) is 49.0 Å². The van der Waals surface area contributed by atoms with Crippen LogP contribution in [0.25, 0.3) is 21.3 Å². The molecule has 4 aliphatic carbocycles. The average Bonchev–Trinajstić information content (AvgIpc) is 4.07. The zero-order valence-corrected chi connectivity index (χ0v) is 42.3. The van der Waals surface area contributed by atoms with Gasteiger partial charge in [0.2, 0.25) is 17.7 Å². The lowest BCUT2D eigenvalue weighted by Crippen LogP contribution is -2.58. The van der Waals surface area contributed by atoms with E-state index < -0.39 is 41.1 Å². The molecular weight excluding hydrogens is 973 g/mol. The number of aromatic carboxylic acids is 1. The molecule has 6 heterocycles. The maximum absolute atomic E-state index is 14.3. The van der Waals surface area contributed by atoms with Crippen LogP contribution in [0, 0.1) is 29.6 Å². The standard InChI is InChI=1S/C56H56N10O8S/c1-31-38(35-14-16-44(61-47(35)52(72)73)64-21-18-34-8-6-9-36(39(34)28-64)48(68)63-54-60-40-11-2-3-13-43(40)75-54)27-59-65(31)30-55-23-32-22-33(24-55)26-56(25-32,29-55)53(74)58-20-5-4-19-57-41-12-7-10-37-46(41)51(71)66(50(37)70)42-15-17-45(67)62-49(42)69/h2-3,6-14,16,27,32-33,42,57H,4-5,15,17-26,28-30H2,1H3,(H,58,74)(H,72,73)(H,60,63,68)(H,62,67,69)/t32-,33-,42-,55?,56?/m1/s1. The molecule has 1 saturated heterocycles. The number of fused-ring (bicyclic) bond motifs is 3. The number of carboxylic acid groups (broad SMARTS) is 1. The van der Waals surface area contributed by atoms with Crippen molar-refractivity contribution < 1.29 is 38.7 Å². The molecule has 6 amide bonds. The number of amides is 6. The Balaban J connectivity index is 0.681. The van der Waals surface area contributed by atoms with Crippen LogP contribution in [0.5, 0.6) is 0 Å². The van der Waals surface area contributed by atoms with Gasteiger partial charge in [-0.25, -0.2) is 14.8 Å². The number of carbonyl (C=O) groups excluding carboxylic acids is 6. The molecule has 4 bridgehead atoms. The number of carbonyl (C=O) groups is 7. The Bertz CT molecular complexity index is 3350. The second kappa shape index (κ2) is 18.8. The number of para-hydroxylation sites is 1. The van der Waals surface area contributed by atoms with E-state index in [2.05, 4.69) is 26.3 Å². The summed E-state index contributed by atoms with van der Waals surface area (Å²) in [5, 5.41) is 27.8. The molecule has 5 fully saturated rings. The number of hydrogen-bond acceptors (Lipinski definition) is 13. The van der Waals surface area contributed by atoms with Crippen molar-refractivity contribution in [3.05, 3.63) is 118 Å². The van der Waals surface area contributed by atoms with E-state index >= 15 is 0 Å². The normalized spacial score (nSPS) is 23.6. The molecule has 75 heavy (non-hydrogen) atoms. The fraction of sp³-hybridized carbons (Fsp3) is 0.393. The zero-order chi connectivity index (χ0) is 51.8. The lowest BCUT2D eigenvalue weighted by Gasteiger charge is -2.61. The fourth-order valence-electron chi connectivity index (χ4n) is 13.7. The van der Waals surface area contributed by atoms with Crippen LogP contribution in [0.1, 0.15) is 123 Å². The zero-order valence-electron chi connectivity index (χ0n) is 41.4. The van der Waals surface area contributed by atoms with Crippen molar-refractivity contribution in [3.8, 4) is 11.1 Å². The number of aromatic nitrogens is 4. The Morgan fingerprint density at radius 2 is 1.65 bits per heavy atom. The van der Waals surface area contributed by atoms with Gasteiger partial charge in [0.1, 0.15) is 11.9 Å². The van der Waals surface area contributed by atoms with E-state index in [4.69, 9.17) is 10.1 Å². The Morgan fingerprint density at radius 3 is 2.45 bits per heavy atom. The molecule has 0 spiro atoms. The van der Waals surface area contributed by atoms with Gasteiger partial charge >= 0.3 is 5.97 Å². The summed E-state index contributed by atoms with van der Waals surface area (Å²) >= 11 is 1.42. The lowest BCUT2D eigenvalue weighted by molar-refractivity contribution is -0.159. The monoisotopic (exact) mass is 1030 g/mol. The highest BCUT2D eigenvalue weighted by Crippen LogP contribution is 2.66. The first kappa shape index (κ1) is 48.2. The van der Waals surface area contributed by atoms with Gasteiger partial charge in [-0.05, 0) is 142 Å². The van der Waals surface area contributed by atoms with E-state index in [1.807, 2.05) is 71.1 Å². The van der Waals surface area contributed by atoms with Gasteiger partial charge in [-0.2, -0.15) is 5.10 Å². The molecule has 13 rings (SSSR count). The predicted molar refractivity (Wildman–Crippen MR) is 279 cm³/mol. The van der Waals surface area contributed by atoms with Crippen LogP contribution in [0.3, 0.4) is 0 Å². The van der Waals surface area contributed by atoms with E-state index in [0.717, 1.165) is 70.5 Å². The van der Waals surface area contributed by atoms with Crippen molar-refractivity contribution >= 4 is 79.6 Å². The molecule has 3 aromatic heterocycles. The fourth-order valence-corrected chi connectivity index (χ4v) is 14.6. The van der Waals surface area contributed by atoms with E-state index in [1.54, 1.807) is 24.4 Å². The van der Waals surface area contributed by atoms with Gasteiger partial charge < -0.3 is 20.6 Å². The molecular formula is C56H56N10O8S. The number of benzene rings is 3. The van der Waals surface area contributed by atoms with E-state index in [9.17, 15) is 38.7 Å². The van der Waals surface area contributed by atoms with E-state index in [0.29, 0.717) is 97.1 Å². The Hall–Kier alpha value is -7.80. The van der Waals surface area contributed by atoms with Crippen molar-refractivity contribution in [1.29, 1.82) is 0 Å². The molecule has 5 N–H and O–H groups in total. The van der Waals surface area contributed by atoms with Gasteiger partial charge in [0.05, 0.1) is 33.0 Å². The van der Waals surface area contributed by atoms with Crippen LogP contribution in [-0.2, 0) is 33.9 Å². The van der Waals surface area contributed by atoms with Gasteiger partial charge in [0, 0.05) is 67.2 Å². The minimum atomic E-state index is -1.15. The first-order valence-corrected chi connectivity index (χ1v) is 26.7. The first-order valence-electron chi connectivity index (χ1n) is 25.9. The number of carboxylic acids is 1. The molecule has 3 atom stereocenters. The van der Waals surface area contributed by atoms with Crippen molar-refractivity contribution in [3.63, 3.8) is 0 Å². The molecule has 0 radical (unpaired) electrons. The average molecular weight is 1030 g/mol. The summed E-state index contributed by atoms with van der Waals surface area (Å²) in [5.41, 5.74) is 5.58. The number of nitrogens with zero attached hydrogens (tertiary/aromatic N) is 6. The highest BCUT2D eigenvalue weighted by Gasteiger charge is 2.60. The molecule has 384 valence electrons. The summed E-state index contributed by atoms with van der Waals surface area (Å²) in [6, 6.07) is 21.1. The largest absolute Gasteiger partial charge is 0.476 e. The van der Waals surface area contributed by atoms with Gasteiger partial charge in [0.25, 0.3) is 17.7 Å². The third-order valence-electron chi connectivity index (χ3n) is 16.7. The molecule has 4 saturated carbocycles. The Morgan fingerprint density at radius 1 is 0.853 bits per heavy atom. The van der Waals surface area contributed by atoms with Crippen LogP contribution in [0.4, 0.5) is 16.6 Å². The Kier molecular flexibility index (Phi) is 12.1. The highest BCUT2D eigenvalue weighted by molar-refractivity contribution is 7.22. The van der Waals surface area contributed by atoms with Crippen LogP contribution in [-0.4, -0.2) is 96.8 Å². The smallest absolute Gasteiger partial charge is 0.355 e. The minimum Gasteiger partial charge on any atom is -0.476 e. The molecule has 18 nitrogen and oxygen atoms in total. The van der Waals surface area contributed by atoms with Gasteiger partial charge in [-0.15, -0.1) is 0 Å². The van der Waals surface area contributed by atoms with Gasteiger partial charge in [0.15, 0.2) is 10.8 Å². The van der Waals surface area contributed by atoms with Crippen LogP contribution in [0.2, 0.25) is 0 Å². The first-order chi connectivity index (χ1) is 36.2. The van der Waals surface area contributed by atoms with Crippen molar-refractivity contribution in [2.45, 2.75) is 96.7 Å². The molecule has 3 aromatic carbocycles. The van der Waals surface area contributed by atoms with E-state index in [-0.39, 0.29) is 46.9 Å². The second-order valence-electron chi connectivity index (χ2n) is 21.5. The van der Waals surface area contributed by atoms with Crippen LogP contribution < -0.4 is 26.2 Å². The molecule has 3 aliphatic heterocycles. The summed E-state index contributed by atoms with van der Waals surface area (Å²) in [6.07, 6.45) is 9.56. The summed E-state index contributed by atoms with van der Waals surface area (Å²) in [7, 11) is 0. The lowest BCUT2D eigenvalue weighted by atomic mass is 9.44. The number of rotatable bonds is 15. The maximum Gasteiger partial charge on any atom is 0.355 e. The number of imide groups is 2. The number of piperidine rings is 1. The third-order valence-corrected chi connectivity index (χ3v) is 17.6. The quantitative estimate of drug-likeness (QED) is 0.0500. The summed E-state index contributed by atoms with van der Waals surface area (Å²) in [6.45, 7) is 4.57. The summed E-state index contributed by atoms with van der Waals surface area (Å²) in [5.74, 6) is -2.11. The number of thiazole rings is 1. The number of unbranched alkanes of at least 4 members (excludes halogenated alkanes) is 1. The molecule has 7 aliphatic rings. The number of hydrogen-bond donors (Lipinski definition) is 5.